The van der Waals surface area contributed by atoms with Crippen molar-refractivity contribution in [3.05, 3.63) is 24.8 Å². The molecule has 0 heterocycles. The van der Waals surface area contributed by atoms with Crippen LogP contribution in [0.15, 0.2) is 24.8 Å². The summed E-state index contributed by atoms with van der Waals surface area (Å²) < 4.78 is 9.54. The van der Waals surface area contributed by atoms with Crippen molar-refractivity contribution < 1.29 is 19.1 Å². The van der Waals surface area contributed by atoms with Crippen LogP contribution in [-0.4, -0.2) is 26.2 Å². The van der Waals surface area contributed by atoms with Gasteiger partial charge >= 0.3 is 11.9 Å². The van der Waals surface area contributed by atoms with E-state index in [1.807, 2.05) is 6.08 Å². The highest BCUT2D eigenvalue weighted by Crippen LogP contribution is 2.34. The summed E-state index contributed by atoms with van der Waals surface area (Å²) in [6, 6.07) is 0. The van der Waals surface area contributed by atoms with Crippen LogP contribution in [0.5, 0.6) is 0 Å². The topological polar surface area (TPSA) is 52.6 Å². The van der Waals surface area contributed by atoms with E-state index in [0.717, 1.165) is 0 Å². The third-order valence-corrected chi connectivity index (χ3v) is 3.41. The van der Waals surface area contributed by atoms with Crippen molar-refractivity contribution in [2.45, 2.75) is 32.1 Å². The highest BCUT2D eigenvalue weighted by atomic mass is 16.5. The fraction of sp³-hybridized carbons (Fsp3) is 0.600. The van der Waals surface area contributed by atoms with Gasteiger partial charge in [0.2, 0.25) is 0 Å². The van der Waals surface area contributed by atoms with Gasteiger partial charge in [-0.25, -0.2) is 0 Å². The Morgan fingerprint density at radius 3 is 2.26 bits per heavy atom. The van der Waals surface area contributed by atoms with E-state index in [9.17, 15) is 9.59 Å². The van der Waals surface area contributed by atoms with Crippen molar-refractivity contribution >= 4 is 11.9 Å². The fourth-order valence-electron chi connectivity index (χ4n) is 2.10. The second-order valence-electron chi connectivity index (χ2n) is 4.86. The van der Waals surface area contributed by atoms with E-state index in [2.05, 4.69) is 12.7 Å². The summed E-state index contributed by atoms with van der Waals surface area (Å²) >= 11 is 0. The molecule has 0 unspecified atom stereocenters. The minimum atomic E-state index is -1.26. The van der Waals surface area contributed by atoms with Gasteiger partial charge in [0.05, 0.1) is 14.2 Å². The molecule has 0 aromatic carbocycles. The molecule has 0 aromatic rings. The number of methoxy groups -OCH3 is 2. The van der Waals surface area contributed by atoms with Crippen LogP contribution in [0.3, 0.4) is 0 Å². The van der Waals surface area contributed by atoms with E-state index in [1.165, 1.54) is 27.1 Å². The molecule has 0 amide bonds. The molecule has 1 aliphatic rings. The standard InChI is InChI=1S/C15H22O4/c1-4-10-15(13(16)18-2,14(17)19-3)11-6-5-7-12-8-9-12/h4-5,7,12H,1,6,8-11H2,2-3H3/b7-5+. The molecule has 1 aliphatic carbocycles. The van der Waals surface area contributed by atoms with Gasteiger partial charge in [-0.3, -0.25) is 9.59 Å². The number of esters is 2. The van der Waals surface area contributed by atoms with Crippen LogP contribution < -0.4 is 0 Å². The van der Waals surface area contributed by atoms with Gasteiger partial charge in [-0.2, -0.15) is 0 Å². The maximum atomic E-state index is 12.0. The van der Waals surface area contributed by atoms with E-state index in [1.54, 1.807) is 6.08 Å². The minimum absolute atomic E-state index is 0.226. The largest absolute Gasteiger partial charge is 0.468 e. The summed E-state index contributed by atoms with van der Waals surface area (Å²) in [5, 5.41) is 0. The van der Waals surface area contributed by atoms with Gasteiger partial charge in [-0.05, 0) is 38.0 Å². The first kappa shape index (κ1) is 15.5. The highest BCUT2D eigenvalue weighted by molar-refractivity contribution is 6.00. The van der Waals surface area contributed by atoms with E-state index in [0.29, 0.717) is 18.8 Å². The second kappa shape index (κ2) is 7.12. The molecule has 19 heavy (non-hydrogen) atoms. The number of carbonyl (C=O) groups excluding carboxylic acids is 2. The van der Waals surface area contributed by atoms with Crippen LogP contribution in [0.25, 0.3) is 0 Å². The lowest BCUT2D eigenvalue weighted by Gasteiger charge is -2.26. The lowest BCUT2D eigenvalue weighted by Crippen LogP contribution is -2.40. The van der Waals surface area contributed by atoms with Crippen molar-refractivity contribution in [1.29, 1.82) is 0 Å². The van der Waals surface area contributed by atoms with E-state index >= 15 is 0 Å². The van der Waals surface area contributed by atoms with Gasteiger partial charge in [-0.15, -0.1) is 6.58 Å². The predicted octanol–water partition coefficient (Wildman–Crippen LogP) is 2.64. The highest BCUT2D eigenvalue weighted by Gasteiger charge is 2.46. The van der Waals surface area contributed by atoms with Crippen LogP contribution in [0.2, 0.25) is 0 Å². The molecule has 1 fully saturated rings. The number of hydrogen-bond donors (Lipinski definition) is 0. The molecule has 4 nitrogen and oxygen atoms in total. The molecule has 0 radical (unpaired) electrons. The SMILES string of the molecule is C=CCC(CC/C=C/C1CC1)(C(=O)OC)C(=O)OC. The van der Waals surface area contributed by atoms with Gasteiger partial charge in [-0.1, -0.05) is 18.2 Å². The monoisotopic (exact) mass is 266 g/mol. The lowest BCUT2D eigenvalue weighted by atomic mass is 9.80. The quantitative estimate of drug-likeness (QED) is 0.385. The Balaban J connectivity index is 2.76. The predicted molar refractivity (Wildman–Crippen MR) is 72.4 cm³/mol. The summed E-state index contributed by atoms with van der Waals surface area (Å²) in [5.41, 5.74) is -1.26. The zero-order chi connectivity index (χ0) is 14.3. The van der Waals surface area contributed by atoms with Crippen LogP contribution in [0, 0.1) is 11.3 Å². The molecular weight excluding hydrogens is 244 g/mol. The molecule has 0 aliphatic heterocycles. The van der Waals surface area contributed by atoms with E-state index in [4.69, 9.17) is 9.47 Å². The Morgan fingerprint density at radius 1 is 1.26 bits per heavy atom. The first-order valence-electron chi connectivity index (χ1n) is 6.55. The van der Waals surface area contributed by atoms with Crippen LogP contribution in [0.1, 0.15) is 32.1 Å². The first-order chi connectivity index (χ1) is 9.10. The second-order valence-corrected chi connectivity index (χ2v) is 4.86. The Labute approximate surface area is 114 Å². The average molecular weight is 266 g/mol. The number of carbonyl (C=O) groups is 2. The molecule has 0 spiro atoms. The van der Waals surface area contributed by atoms with E-state index in [-0.39, 0.29) is 6.42 Å². The molecule has 106 valence electrons. The molecule has 1 rings (SSSR count). The zero-order valence-electron chi connectivity index (χ0n) is 11.7. The Kier molecular flexibility index (Phi) is 5.80. The number of ether oxygens (including phenoxy) is 2. The summed E-state index contributed by atoms with van der Waals surface area (Å²) in [6.45, 7) is 3.61. The Morgan fingerprint density at radius 2 is 1.84 bits per heavy atom. The maximum absolute atomic E-state index is 12.0. The molecule has 0 bridgehead atoms. The normalized spacial score (nSPS) is 15.3. The third-order valence-electron chi connectivity index (χ3n) is 3.41. The average Bonchev–Trinajstić information content (AvgIpc) is 3.24. The number of rotatable bonds is 8. The maximum Gasteiger partial charge on any atom is 0.323 e. The Bertz CT molecular complexity index is 350. The molecule has 1 saturated carbocycles. The summed E-state index contributed by atoms with van der Waals surface area (Å²) in [5.74, 6) is -0.428. The van der Waals surface area contributed by atoms with Crippen LogP contribution >= 0.6 is 0 Å². The van der Waals surface area contributed by atoms with Crippen molar-refractivity contribution in [3.63, 3.8) is 0 Å². The molecule has 0 aromatic heterocycles. The molecule has 0 atom stereocenters. The van der Waals surface area contributed by atoms with Gasteiger partial charge in [0.25, 0.3) is 0 Å². The fourth-order valence-corrected chi connectivity index (χ4v) is 2.10. The van der Waals surface area contributed by atoms with Crippen LogP contribution in [-0.2, 0) is 19.1 Å². The molecule has 4 heteroatoms. The van der Waals surface area contributed by atoms with Crippen molar-refractivity contribution in [2.24, 2.45) is 11.3 Å². The summed E-state index contributed by atoms with van der Waals surface area (Å²) in [4.78, 5) is 23.9. The first-order valence-corrected chi connectivity index (χ1v) is 6.55. The lowest BCUT2D eigenvalue weighted by molar-refractivity contribution is -0.169. The summed E-state index contributed by atoms with van der Waals surface area (Å²) in [7, 11) is 2.56. The third kappa shape index (κ3) is 3.94. The van der Waals surface area contributed by atoms with Crippen LogP contribution in [0.4, 0.5) is 0 Å². The molecular formula is C15H22O4. The van der Waals surface area contributed by atoms with Crippen molar-refractivity contribution in [2.75, 3.05) is 14.2 Å². The minimum Gasteiger partial charge on any atom is -0.468 e. The van der Waals surface area contributed by atoms with Gasteiger partial charge < -0.3 is 9.47 Å². The van der Waals surface area contributed by atoms with Gasteiger partial charge in [0, 0.05) is 0 Å². The number of allylic oxidation sites excluding steroid dienone is 3. The van der Waals surface area contributed by atoms with Gasteiger partial charge in [0.1, 0.15) is 0 Å². The smallest absolute Gasteiger partial charge is 0.323 e. The van der Waals surface area contributed by atoms with Crippen molar-refractivity contribution in [1.82, 2.24) is 0 Å². The Hall–Kier alpha value is -1.58. The summed E-state index contributed by atoms with van der Waals surface area (Å²) in [6.07, 6.45) is 9.46. The molecule has 0 saturated heterocycles. The van der Waals surface area contributed by atoms with Gasteiger partial charge in [0.15, 0.2) is 5.41 Å². The van der Waals surface area contributed by atoms with E-state index < -0.39 is 17.4 Å². The van der Waals surface area contributed by atoms with Crippen molar-refractivity contribution in [3.8, 4) is 0 Å². The number of hydrogen-bond acceptors (Lipinski definition) is 4. The molecule has 0 N–H and O–H groups in total. The zero-order valence-corrected chi connectivity index (χ0v) is 11.7.